The lowest BCUT2D eigenvalue weighted by molar-refractivity contribution is 0.0924. The fraction of sp³-hybridized carbons (Fsp3) is 0.278. The lowest BCUT2D eigenvalue weighted by Crippen LogP contribution is -2.22. The van der Waals surface area contributed by atoms with Gasteiger partial charge < -0.3 is 14.5 Å². The van der Waals surface area contributed by atoms with Crippen LogP contribution in [0, 0.1) is 0 Å². The number of nitrogens with one attached hydrogen (secondary N) is 1. The Morgan fingerprint density at radius 1 is 1.33 bits per heavy atom. The number of amides is 1. The van der Waals surface area contributed by atoms with Crippen molar-refractivity contribution in [3.05, 3.63) is 53.8 Å². The minimum absolute atomic E-state index is 0.256. The second-order valence-corrected chi connectivity index (χ2v) is 5.88. The van der Waals surface area contributed by atoms with Crippen molar-refractivity contribution in [3.8, 4) is 5.75 Å². The zero-order valence-electron chi connectivity index (χ0n) is 13.3. The van der Waals surface area contributed by atoms with Gasteiger partial charge in [-0.25, -0.2) is 9.97 Å². The number of hydrogen-bond acceptors (Lipinski definition) is 5. The smallest absolute Gasteiger partial charge is 0.287 e. The normalized spacial score (nSPS) is 13.9. The average molecular weight is 323 g/mol. The lowest BCUT2D eigenvalue weighted by atomic mass is 10.2. The van der Waals surface area contributed by atoms with Crippen molar-refractivity contribution in [2.45, 2.75) is 25.3 Å². The van der Waals surface area contributed by atoms with Crippen molar-refractivity contribution >= 4 is 16.9 Å². The Balaban J connectivity index is 1.49. The van der Waals surface area contributed by atoms with Gasteiger partial charge in [0.05, 0.1) is 19.3 Å². The molecule has 0 spiro atoms. The highest BCUT2D eigenvalue weighted by atomic mass is 16.5. The number of methoxy groups -OCH3 is 1. The predicted molar refractivity (Wildman–Crippen MR) is 87.9 cm³/mol. The third-order valence-corrected chi connectivity index (χ3v) is 4.12. The molecular formula is C18H17N3O3. The highest BCUT2D eigenvalue weighted by molar-refractivity contribution is 5.97. The lowest BCUT2D eigenvalue weighted by Gasteiger charge is -2.04. The molecule has 2 heterocycles. The number of hydrogen-bond donors (Lipinski definition) is 1. The molecule has 1 amide bonds. The van der Waals surface area contributed by atoms with E-state index in [1.54, 1.807) is 25.6 Å². The maximum absolute atomic E-state index is 12.3. The number of nitrogens with zero attached hydrogens (tertiary/aromatic N) is 2. The number of carbonyl (C=O) groups excluding carboxylic acids is 1. The number of rotatable bonds is 5. The first-order chi connectivity index (χ1) is 11.7. The maximum Gasteiger partial charge on any atom is 0.287 e. The summed E-state index contributed by atoms with van der Waals surface area (Å²) in [6.45, 7) is 0.343. The summed E-state index contributed by atoms with van der Waals surface area (Å²) in [5, 5.41) is 3.67. The van der Waals surface area contributed by atoms with Crippen LogP contribution in [0.15, 0.2) is 41.1 Å². The van der Waals surface area contributed by atoms with Crippen LogP contribution < -0.4 is 10.1 Å². The van der Waals surface area contributed by atoms with E-state index in [0.29, 0.717) is 23.8 Å². The fourth-order valence-corrected chi connectivity index (χ4v) is 2.68. The van der Waals surface area contributed by atoms with Gasteiger partial charge >= 0.3 is 0 Å². The van der Waals surface area contributed by atoms with Gasteiger partial charge in [-0.3, -0.25) is 4.79 Å². The van der Waals surface area contributed by atoms with Gasteiger partial charge in [0.15, 0.2) is 17.1 Å². The summed E-state index contributed by atoms with van der Waals surface area (Å²) in [5.74, 6) is 1.15. The Morgan fingerprint density at radius 3 is 3.00 bits per heavy atom. The molecule has 0 saturated heterocycles. The van der Waals surface area contributed by atoms with Gasteiger partial charge in [0.2, 0.25) is 0 Å². The number of fused-ring (bicyclic) bond motifs is 1. The summed E-state index contributed by atoms with van der Waals surface area (Å²) in [5.41, 5.74) is 2.43. The summed E-state index contributed by atoms with van der Waals surface area (Å²) >= 11 is 0. The first-order valence-electron chi connectivity index (χ1n) is 7.90. The molecule has 3 aromatic rings. The second-order valence-electron chi connectivity index (χ2n) is 5.88. The van der Waals surface area contributed by atoms with Gasteiger partial charge in [0.25, 0.3) is 5.91 Å². The van der Waals surface area contributed by atoms with Crippen molar-refractivity contribution in [2.75, 3.05) is 7.11 Å². The Bertz CT molecular complexity index is 899. The van der Waals surface area contributed by atoms with E-state index in [-0.39, 0.29) is 11.7 Å². The van der Waals surface area contributed by atoms with Crippen LogP contribution in [0.4, 0.5) is 0 Å². The minimum atomic E-state index is -0.278. The van der Waals surface area contributed by atoms with E-state index < -0.39 is 0 Å². The first-order valence-corrected chi connectivity index (χ1v) is 7.90. The molecule has 1 fully saturated rings. The molecular weight excluding hydrogens is 306 g/mol. The van der Waals surface area contributed by atoms with Gasteiger partial charge in [0, 0.05) is 17.0 Å². The van der Waals surface area contributed by atoms with Gasteiger partial charge in [0.1, 0.15) is 6.33 Å². The van der Waals surface area contributed by atoms with Crippen LogP contribution in [0.3, 0.4) is 0 Å². The SMILES string of the molecule is COc1cccc2cc(C(=O)NCc3cc(C4CC4)ncn3)oc12. The molecule has 6 nitrogen and oxygen atoms in total. The van der Waals surface area contributed by atoms with Gasteiger partial charge in [-0.1, -0.05) is 12.1 Å². The summed E-state index contributed by atoms with van der Waals surface area (Å²) in [4.78, 5) is 20.8. The Labute approximate surface area is 138 Å². The van der Waals surface area contributed by atoms with Crippen molar-refractivity contribution < 1.29 is 13.9 Å². The molecule has 0 radical (unpaired) electrons. The number of aromatic nitrogens is 2. The molecule has 1 aromatic carbocycles. The van der Waals surface area contributed by atoms with E-state index >= 15 is 0 Å². The van der Waals surface area contributed by atoms with Crippen molar-refractivity contribution in [1.29, 1.82) is 0 Å². The molecule has 1 N–H and O–H groups in total. The zero-order valence-corrected chi connectivity index (χ0v) is 13.3. The summed E-state index contributed by atoms with van der Waals surface area (Å²) in [6, 6.07) is 9.21. The molecule has 1 aliphatic carbocycles. The van der Waals surface area contributed by atoms with Crippen LogP contribution >= 0.6 is 0 Å². The molecule has 4 rings (SSSR count). The fourth-order valence-electron chi connectivity index (χ4n) is 2.68. The molecule has 0 bridgehead atoms. The molecule has 122 valence electrons. The van der Waals surface area contributed by atoms with Gasteiger partial charge in [-0.15, -0.1) is 0 Å². The molecule has 1 aliphatic rings. The number of para-hydroxylation sites is 1. The number of furan rings is 1. The van der Waals surface area contributed by atoms with E-state index in [1.807, 2.05) is 18.2 Å². The van der Waals surface area contributed by atoms with Crippen LogP contribution in [0.25, 0.3) is 11.0 Å². The number of benzene rings is 1. The van der Waals surface area contributed by atoms with E-state index in [9.17, 15) is 4.79 Å². The van der Waals surface area contributed by atoms with Gasteiger partial charge in [-0.05, 0) is 31.0 Å². The third-order valence-electron chi connectivity index (χ3n) is 4.12. The molecule has 24 heavy (non-hydrogen) atoms. The molecule has 0 unspecified atom stereocenters. The molecule has 6 heteroatoms. The van der Waals surface area contributed by atoms with Crippen LogP contribution in [0.1, 0.15) is 40.7 Å². The average Bonchev–Trinajstić information content (AvgIpc) is 3.37. The standard InChI is InChI=1S/C18H17N3O3/c1-23-15-4-2-3-12-7-16(24-17(12)15)18(22)19-9-13-8-14(11-5-6-11)21-10-20-13/h2-4,7-8,10-11H,5-6,9H2,1H3,(H,19,22). The van der Waals surface area contributed by atoms with E-state index in [1.165, 1.54) is 12.8 Å². The minimum Gasteiger partial charge on any atom is -0.493 e. The zero-order chi connectivity index (χ0) is 16.5. The molecule has 0 aliphatic heterocycles. The second kappa shape index (κ2) is 5.96. The number of carbonyl (C=O) groups is 1. The van der Waals surface area contributed by atoms with Gasteiger partial charge in [-0.2, -0.15) is 0 Å². The molecule has 2 aromatic heterocycles. The Hall–Kier alpha value is -2.89. The van der Waals surface area contributed by atoms with Crippen LogP contribution in [0.2, 0.25) is 0 Å². The van der Waals surface area contributed by atoms with Crippen molar-refractivity contribution in [2.24, 2.45) is 0 Å². The summed E-state index contributed by atoms with van der Waals surface area (Å²) in [6.07, 6.45) is 3.93. The van der Waals surface area contributed by atoms with Crippen LogP contribution in [-0.2, 0) is 6.54 Å². The monoisotopic (exact) mass is 323 g/mol. The highest BCUT2D eigenvalue weighted by Gasteiger charge is 2.25. The number of ether oxygens (including phenoxy) is 1. The van der Waals surface area contributed by atoms with Crippen molar-refractivity contribution in [1.82, 2.24) is 15.3 Å². The third kappa shape index (κ3) is 2.82. The van der Waals surface area contributed by atoms with E-state index in [2.05, 4.69) is 15.3 Å². The largest absolute Gasteiger partial charge is 0.493 e. The predicted octanol–water partition coefficient (Wildman–Crippen LogP) is 3.04. The maximum atomic E-state index is 12.3. The summed E-state index contributed by atoms with van der Waals surface area (Å²) < 4.78 is 10.9. The van der Waals surface area contributed by atoms with E-state index in [0.717, 1.165) is 16.8 Å². The molecule has 0 atom stereocenters. The van der Waals surface area contributed by atoms with E-state index in [4.69, 9.17) is 9.15 Å². The van der Waals surface area contributed by atoms with Crippen molar-refractivity contribution in [3.63, 3.8) is 0 Å². The Morgan fingerprint density at radius 2 is 2.21 bits per heavy atom. The van der Waals surface area contributed by atoms with Crippen LogP contribution in [0.5, 0.6) is 5.75 Å². The van der Waals surface area contributed by atoms with Crippen LogP contribution in [-0.4, -0.2) is 23.0 Å². The Kier molecular flexibility index (Phi) is 3.65. The first kappa shape index (κ1) is 14.7. The quantitative estimate of drug-likeness (QED) is 0.781. The molecule has 1 saturated carbocycles. The highest BCUT2D eigenvalue weighted by Crippen LogP contribution is 2.38. The summed E-state index contributed by atoms with van der Waals surface area (Å²) in [7, 11) is 1.57. The topological polar surface area (TPSA) is 77.2 Å².